The molecule has 1 unspecified atom stereocenters. The van der Waals surface area contributed by atoms with Gasteiger partial charge in [-0.2, -0.15) is 0 Å². The molecule has 2 aromatic heterocycles. The number of hydrogen-bond acceptors (Lipinski definition) is 5. The summed E-state index contributed by atoms with van der Waals surface area (Å²) in [6, 6.07) is 9.32. The first kappa shape index (κ1) is 16.4. The highest BCUT2D eigenvalue weighted by Gasteiger charge is 2.24. The molecule has 0 bridgehead atoms. The first-order valence-corrected chi connectivity index (χ1v) is 9.57. The fourth-order valence-corrected chi connectivity index (χ4v) is 4.21. The van der Waals surface area contributed by atoms with Gasteiger partial charge in [0.1, 0.15) is 11.3 Å². The summed E-state index contributed by atoms with van der Waals surface area (Å²) in [6.07, 6.45) is 2.55. The largest absolute Gasteiger partial charge is 0.606 e. The van der Waals surface area contributed by atoms with Crippen molar-refractivity contribution < 1.29 is 13.7 Å². The van der Waals surface area contributed by atoms with Gasteiger partial charge in [-0.25, -0.2) is 4.98 Å². The van der Waals surface area contributed by atoms with Crippen molar-refractivity contribution >= 4 is 22.1 Å². The number of aromatic nitrogens is 1. The summed E-state index contributed by atoms with van der Waals surface area (Å²) in [4.78, 5) is 5.57. The standard InChI is InChI=1S/C19H20N2O3S/c1-12(2)23-19-18(4-3-8-21-19)25(22)13-5-6-16-15(10-13)14-7-9-20-11-17(14)24-16/h3-6,8,10,12,20H,7,9,11H2,1-2H3. The minimum Gasteiger partial charge on any atom is -0.606 e. The van der Waals surface area contributed by atoms with Crippen molar-refractivity contribution in [2.45, 2.75) is 42.7 Å². The van der Waals surface area contributed by atoms with Gasteiger partial charge in [0.2, 0.25) is 4.90 Å². The van der Waals surface area contributed by atoms with E-state index in [1.165, 1.54) is 5.56 Å². The summed E-state index contributed by atoms with van der Waals surface area (Å²) in [7, 11) is 0. The Kier molecular flexibility index (Phi) is 4.41. The van der Waals surface area contributed by atoms with Crippen molar-refractivity contribution in [2.75, 3.05) is 6.54 Å². The summed E-state index contributed by atoms with van der Waals surface area (Å²) >= 11 is -1.36. The second-order valence-corrected chi connectivity index (χ2v) is 7.78. The Morgan fingerprint density at radius 2 is 2.20 bits per heavy atom. The van der Waals surface area contributed by atoms with Crippen LogP contribution < -0.4 is 10.1 Å². The molecule has 1 aliphatic heterocycles. The van der Waals surface area contributed by atoms with Crippen molar-refractivity contribution in [3.8, 4) is 5.88 Å². The molecular formula is C19H20N2O3S. The Balaban J connectivity index is 1.74. The van der Waals surface area contributed by atoms with E-state index in [2.05, 4.69) is 10.3 Å². The average molecular weight is 356 g/mol. The van der Waals surface area contributed by atoms with E-state index in [0.717, 1.165) is 41.1 Å². The topological polar surface area (TPSA) is 70.3 Å². The van der Waals surface area contributed by atoms with Crippen molar-refractivity contribution in [3.63, 3.8) is 0 Å². The van der Waals surface area contributed by atoms with Crippen molar-refractivity contribution in [1.82, 2.24) is 10.3 Å². The molecule has 4 rings (SSSR count). The molecule has 0 radical (unpaired) electrons. The normalized spacial score (nSPS) is 15.4. The number of nitrogens with one attached hydrogen (secondary N) is 1. The molecular weight excluding hydrogens is 336 g/mol. The summed E-state index contributed by atoms with van der Waals surface area (Å²) < 4.78 is 24.8. The molecule has 130 valence electrons. The van der Waals surface area contributed by atoms with E-state index in [-0.39, 0.29) is 6.10 Å². The van der Waals surface area contributed by atoms with Crippen LogP contribution in [0.15, 0.2) is 50.7 Å². The number of hydrogen-bond donors (Lipinski definition) is 1. The zero-order chi connectivity index (χ0) is 17.4. The highest BCUT2D eigenvalue weighted by Crippen LogP contribution is 2.33. The van der Waals surface area contributed by atoms with Crippen molar-refractivity contribution in [3.05, 3.63) is 47.9 Å². The molecule has 6 heteroatoms. The fraction of sp³-hybridized carbons (Fsp3) is 0.316. The third-order valence-electron chi connectivity index (χ3n) is 4.18. The molecule has 1 atom stereocenters. The monoisotopic (exact) mass is 356 g/mol. The van der Waals surface area contributed by atoms with Crippen LogP contribution in [0.25, 0.3) is 11.0 Å². The third-order valence-corrected chi connectivity index (χ3v) is 5.57. The van der Waals surface area contributed by atoms with Crippen LogP contribution in [0.4, 0.5) is 0 Å². The van der Waals surface area contributed by atoms with Gasteiger partial charge in [-0.15, -0.1) is 0 Å². The smallest absolute Gasteiger partial charge is 0.271 e. The minimum atomic E-state index is -1.36. The summed E-state index contributed by atoms with van der Waals surface area (Å²) in [5.74, 6) is 1.41. The number of pyridine rings is 1. The van der Waals surface area contributed by atoms with E-state index in [1.54, 1.807) is 18.3 Å². The molecule has 0 spiro atoms. The number of ether oxygens (including phenoxy) is 1. The van der Waals surface area contributed by atoms with Crippen molar-refractivity contribution in [2.24, 2.45) is 0 Å². The highest BCUT2D eigenvalue weighted by atomic mass is 32.2. The van der Waals surface area contributed by atoms with Gasteiger partial charge in [-0.05, 0) is 45.0 Å². The SMILES string of the molecule is CC(C)Oc1ncccc1[S+]([O-])c1ccc2oc3c(c2c1)CCNC3. The zero-order valence-electron chi connectivity index (χ0n) is 14.2. The van der Waals surface area contributed by atoms with E-state index >= 15 is 0 Å². The van der Waals surface area contributed by atoms with E-state index < -0.39 is 11.2 Å². The Bertz CT molecular complexity index is 907. The molecule has 5 nitrogen and oxygen atoms in total. The molecule has 0 aliphatic carbocycles. The van der Waals surface area contributed by atoms with E-state index in [4.69, 9.17) is 9.15 Å². The molecule has 0 saturated heterocycles. The van der Waals surface area contributed by atoms with Gasteiger partial charge in [0.05, 0.1) is 12.6 Å². The Hall–Kier alpha value is -2.02. The first-order valence-electron chi connectivity index (χ1n) is 8.42. The fourth-order valence-electron chi connectivity index (χ4n) is 3.08. The Morgan fingerprint density at radius 1 is 1.32 bits per heavy atom. The molecule has 0 fully saturated rings. The van der Waals surface area contributed by atoms with Gasteiger partial charge in [-0.3, -0.25) is 0 Å². The third kappa shape index (κ3) is 3.13. The summed E-state index contributed by atoms with van der Waals surface area (Å²) in [5, 5.41) is 4.37. The second kappa shape index (κ2) is 6.71. The zero-order valence-corrected chi connectivity index (χ0v) is 15.1. The number of benzene rings is 1. The van der Waals surface area contributed by atoms with Crippen LogP contribution in [0, 0.1) is 0 Å². The van der Waals surface area contributed by atoms with Crippen molar-refractivity contribution in [1.29, 1.82) is 0 Å². The maximum Gasteiger partial charge on any atom is 0.271 e. The van der Waals surface area contributed by atoms with Crippen LogP contribution in [0.2, 0.25) is 0 Å². The number of furan rings is 1. The Labute approximate surface area is 149 Å². The highest BCUT2D eigenvalue weighted by molar-refractivity contribution is 7.91. The quantitative estimate of drug-likeness (QED) is 0.725. The van der Waals surface area contributed by atoms with Crippen LogP contribution >= 0.6 is 0 Å². The summed E-state index contributed by atoms with van der Waals surface area (Å²) in [6.45, 7) is 5.54. The summed E-state index contributed by atoms with van der Waals surface area (Å²) in [5.41, 5.74) is 2.07. The number of nitrogens with zero attached hydrogens (tertiary/aromatic N) is 1. The van der Waals surface area contributed by atoms with Crippen LogP contribution in [0.3, 0.4) is 0 Å². The lowest BCUT2D eigenvalue weighted by Gasteiger charge is -2.15. The van der Waals surface area contributed by atoms with Crippen LogP contribution in [-0.2, 0) is 24.1 Å². The van der Waals surface area contributed by atoms with Gasteiger partial charge in [0, 0.05) is 40.5 Å². The lowest BCUT2D eigenvalue weighted by atomic mass is 10.1. The van der Waals surface area contributed by atoms with Crippen LogP contribution in [0.5, 0.6) is 5.88 Å². The van der Waals surface area contributed by atoms with Gasteiger partial charge < -0.3 is 19.0 Å². The molecule has 3 aromatic rings. The molecule has 0 saturated carbocycles. The molecule has 1 N–H and O–H groups in total. The van der Waals surface area contributed by atoms with E-state index in [9.17, 15) is 4.55 Å². The number of fused-ring (bicyclic) bond motifs is 3. The predicted molar refractivity (Wildman–Crippen MR) is 96.3 cm³/mol. The van der Waals surface area contributed by atoms with E-state index in [0.29, 0.717) is 10.8 Å². The van der Waals surface area contributed by atoms with Crippen LogP contribution in [-0.4, -0.2) is 22.2 Å². The molecule has 1 aliphatic rings. The molecule has 1 aromatic carbocycles. The van der Waals surface area contributed by atoms with Gasteiger partial charge in [0.15, 0.2) is 4.90 Å². The van der Waals surface area contributed by atoms with Gasteiger partial charge in [-0.1, -0.05) is 0 Å². The molecule has 0 amide bonds. The van der Waals surface area contributed by atoms with E-state index in [1.807, 2.05) is 32.0 Å². The average Bonchev–Trinajstić information content (AvgIpc) is 2.99. The minimum absolute atomic E-state index is 0.0264. The van der Waals surface area contributed by atoms with Crippen LogP contribution in [0.1, 0.15) is 25.2 Å². The lowest BCUT2D eigenvalue weighted by Crippen LogP contribution is -2.22. The maximum atomic E-state index is 13.1. The van der Waals surface area contributed by atoms with Gasteiger partial charge >= 0.3 is 0 Å². The molecule has 3 heterocycles. The number of rotatable bonds is 4. The second-order valence-electron chi connectivity index (χ2n) is 6.33. The lowest BCUT2D eigenvalue weighted by molar-refractivity contribution is 0.225. The Morgan fingerprint density at radius 3 is 3.04 bits per heavy atom. The molecule has 25 heavy (non-hydrogen) atoms. The predicted octanol–water partition coefficient (Wildman–Crippen LogP) is 3.43. The first-order chi connectivity index (χ1) is 12.1. The van der Waals surface area contributed by atoms with Gasteiger partial charge in [0.25, 0.3) is 5.88 Å². The maximum absolute atomic E-state index is 13.1.